The number of benzene rings is 2. The van der Waals surface area contributed by atoms with Gasteiger partial charge in [0.1, 0.15) is 6.04 Å². The number of ether oxygens (including phenoxy) is 1. The number of rotatable bonds is 6. The van der Waals surface area contributed by atoms with E-state index in [9.17, 15) is 14.4 Å². The van der Waals surface area contributed by atoms with Gasteiger partial charge in [0.15, 0.2) is 0 Å². The number of nitrogens with one attached hydrogen (secondary N) is 1. The van der Waals surface area contributed by atoms with Crippen molar-refractivity contribution in [2.45, 2.75) is 33.2 Å². The van der Waals surface area contributed by atoms with E-state index in [4.69, 9.17) is 4.74 Å². The third-order valence-electron chi connectivity index (χ3n) is 4.81. The molecule has 0 aliphatic heterocycles. The minimum Gasteiger partial charge on any atom is -0.462 e. The number of pyridine rings is 1. The summed E-state index contributed by atoms with van der Waals surface area (Å²) in [7, 11) is 0. The lowest BCUT2D eigenvalue weighted by Crippen LogP contribution is -2.33. The van der Waals surface area contributed by atoms with Crippen molar-refractivity contribution < 1.29 is 14.3 Å². The minimum absolute atomic E-state index is 0.219. The quantitative estimate of drug-likeness (QED) is 0.642. The molecule has 1 atom stereocenters. The summed E-state index contributed by atoms with van der Waals surface area (Å²) in [6.07, 6.45) is 0.441. The van der Waals surface area contributed by atoms with Crippen molar-refractivity contribution in [3.63, 3.8) is 0 Å². The smallest absolute Gasteiger partial charge is 0.338 e. The molecule has 2 aromatic carbocycles. The van der Waals surface area contributed by atoms with Gasteiger partial charge in [0.25, 0.3) is 5.56 Å². The Morgan fingerprint density at radius 1 is 1.07 bits per heavy atom. The van der Waals surface area contributed by atoms with Crippen molar-refractivity contribution in [2.75, 3.05) is 11.9 Å². The average Bonchev–Trinajstić information content (AvgIpc) is 2.71. The molecule has 1 heterocycles. The Morgan fingerprint density at radius 2 is 1.83 bits per heavy atom. The number of hydrogen-bond donors (Lipinski definition) is 1. The predicted octanol–water partition coefficient (Wildman–Crippen LogP) is 4.08. The number of carbonyl (C=O) groups excluding carboxylic acids is 2. The number of para-hydroxylation sites is 1. The van der Waals surface area contributed by atoms with Crippen LogP contribution >= 0.6 is 0 Å². The highest BCUT2D eigenvalue weighted by Gasteiger charge is 2.22. The molecule has 0 saturated carbocycles. The van der Waals surface area contributed by atoms with Crippen molar-refractivity contribution in [3.05, 3.63) is 76.1 Å². The molecule has 0 spiro atoms. The monoisotopic (exact) mass is 392 g/mol. The maximum atomic E-state index is 13.0. The second-order valence-electron chi connectivity index (χ2n) is 6.77. The average molecular weight is 392 g/mol. The van der Waals surface area contributed by atoms with Crippen molar-refractivity contribution in [1.82, 2.24) is 4.57 Å². The molecule has 6 heteroatoms. The highest BCUT2D eigenvalue weighted by molar-refractivity contribution is 5.97. The lowest BCUT2D eigenvalue weighted by molar-refractivity contribution is -0.119. The zero-order valence-electron chi connectivity index (χ0n) is 16.8. The summed E-state index contributed by atoms with van der Waals surface area (Å²) in [5.74, 6) is -0.763. The topological polar surface area (TPSA) is 77.4 Å². The van der Waals surface area contributed by atoms with Crippen molar-refractivity contribution >= 4 is 28.5 Å². The second kappa shape index (κ2) is 8.73. The van der Waals surface area contributed by atoms with Gasteiger partial charge >= 0.3 is 5.97 Å². The number of nitrogens with zero attached hydrogens (tertiary/aromatic N) is 1. The summed E-state index contributed by atoms with van der Waals surface area (Å²) in [6.45, 7) is 5.76. The molecule has 0 bridgehead atoms. The first kappa shape index (κ1) is 20.3. The Bertz CT molecular complexity index is 1120. The number of amides is 1. The van der Waals surface area contributed by atoms with Crippen LogP contribution < -0.4 is 10.9 Å². The number of esters is 1. The Morgan fingerprint density at radius 3 is 2.55 bits per heavy atom. The van der Waals surface area contributed by atoms with Gasteiger partial charge < -0.3 is 10.1 Å². The molecule has 0 aliphatic carbocycles. The van der Waals surface area contributed by atoms with Gasteiger partial charge in [-0.15, -0.1) is 0 Å². The van der Waals surface area contributed by atoms with Gasteiger partial charge in [-0.05, 0) is 50.1 Å². The molecule has 1 N–H and O–H groups in total. The number of anilines is 1. The molecule has 1 aromatic heterocycles. The summed E-state index contributed by atoms with van der Waals surface area (Å²) in [4.78, 5) is 37.7. The number of aryl methyl sites for hydroxylation is 1. The third-order valence-corrected chi connectivity index (χ3v) is 4.81. The Balaban J connectivity index is 1.95. The lowest BCUT2D eigenvalue weighted by Gasteiger charge is -2.21. The van der Waals surface area contributed by atoms with Crippen LogP contribution in [0.1, 0.15) is 42.2 Å². The molecule has 6 nitrogen and oxygen atoms in total. The molecule has 1 unspecified atom stereocenters. The molecule has 0 fully saturated rings. The normalized spacial score (nSPS) is 11.8. The van der Waals surface area contributed by atoms with Gasteiger partial charge in [-0.1, -0.05) is 31.2 Å². The van der Waals surface area contributed by atoms with Crippen LogP contribution in [0.25, 0.3) is 10.9 Å². The van der Waals surface area contributed by atoms with Crippen LogP contribution in [0.3, 0.4) is 0 Å². The van der Waals surface area contributed by atoms with E-state index in [2.05, 4.69) is 5.32 Å². The van der Waals surface area contributed by atoms with E-state index in [1.165, 1.54) is 4.57 Å². The van der Waals surface area contributed by atoms with Crippen molar-refractivity contribution in [3.8, 4) is 0 Å². The van der Waals surface area contributed by atoms with E-state index in [0.717, 1.165) is 16.5 Å². The van der Waals surface area contributed by atoms with Crippen molar-refractivity contribution in [2.24, 2.45) is 0 Å². The van der Waals surface area contributed by atoms with Crippen LogP contribution in [0.2, 0.25) is 0 Å². The molecule has 3 rings (SSSR count). The minimum atomic E-state index is -0.681. The zero-order chi connectivity index (χ0) is 21.0. The van der Waals surface area contributed by atoms with Gasteiger partial charge in [0.05, 0.1) is 17.7 Å². The SMILES string of the molecule is CCOC(=O)c1cccc(NC(=O)C(CC)n2c(=O)cc(C)c3ccccc32)c1. The van der Waals surface area contributed by atoms with Gasteiger partial charge in [0.2, 0.25) is 5.91 Å². The van der Waals surface area contributed by atoms with Gasteiger partial charge in [-0.2, -0.15) is 0 Å². The van der Waals surface area contributed by atoms with E-state index in [-0.39, 0.29) is 18.1 Å². The molecule has 29 heavy (non-hydrogen) atoms. The maximum absolute atomic E-state index is 13.0. The standard InChI is InChI=1S/C23H24N2O4/c1-4-19(25-20-12-7-6-11-18(20)15(3)13-21(25)26)22(27)24-17-10-8-9-16(14-17)23(28)29-5-2/h6-14,19H,4-5H2,1-3H3,(H,24,27). The molecular formula is C23H24N2O4. The number of aromatic nitrogens is 1. The van der Waals surface area contributed by atoms with Gasteiger partial charge in [-0.3, -0.25) is 14.2 Å². The number of carbonyl (C=O) groups is 2. The largest absolute Gasteiger partial charge is 0.462 e. The second-order valence-corrected chi connectivity index (χ2v) is 6.77. The fraction of sp³-hybridized carbons (Fsp3) is 0.261. The van der Waals surface area contributed by atoms with E-state index < -0.39 is 12.0 Å². The first-order valence-corrected chi connectivity index (χ1v) is 9.65. The van der Waals surface area contributed by atoms with Crippen LogP contribution in [0, 0.1) is 6.92 Å². The Labute approximate surface area is 169 Å². The lowest BCUT2D eigenvalue weighted by atomic mass is 10.1. The van der Waals surface area contributed by atoms with Gasteiger partial charge in [0, 0.05) is 17.1 Å². The van der Waals surface area contributed by atoms with Crippen molar-refractivity contribution in [1.29, 1.82) is 0 Å². The maximum Gasteiger partial charge on any atom is 0.338 e. The Kier molecular flexibility index (Phi) is 6.12. The summed E-state index contributed by atoms with van der Waals surface area (Å²) in [6, 6.07) is 15.0. The van der Waals surface area contributed by atoms with Crippen LogP contribution in [0.5, 0.6) is 0 Å². The molecule has 0 radical (unpaired) electrons. The summed E-state index contributed by atoms with van der Waals surface area (Å²) < 4.78 is 6.54. The predicted molar refractivity (Wildman–Crippen MR) is 113 cm³/mol. The van der Waals surface area contributed by atoms with Crippen LogP contribution in [-0.4, -0.2) is 23.1 Å². The number of fused-ring (bicyclic) bond motifs is 1. The zero-order valence-corrected chi connectivity index (χ0v) is 16.8. The molecule has 1 amide bonds. The molecule has 0 aliphatic rings. The third kappa shape index (κ3) is 4.21. The van der Waals surface area contributed by atoms with E-state index >= 15 is 0 Å². The summed E-state index contributed by atoms with van der Waals surface area (Å²) in [5.41, 5.74) is 2.21. The highest BCUT2D eigenvalue weighted by Crippen LogP contribution is 2.22. The highest BCUT2D eigenvalue weighted by atomic mass is 16.5. The van der Waals surface area contributed by atoms with Crippen LogP contribution in [0.15, 0.2) is 59.4 Å². The fourth-order valence-corrected chi connectivity index (χ4v) is 3.44. The molecular weight excluding hydrogens is 368 g/mol. The fourth-order valence-electron chi connectivity index (χ4n) is 3.44. The van der Waals surface area contributed by atoms with Gasteiger partial charge in [-0.25, -0.2) is 4.79 Å². The first-order valence-electron chi connectivity index (χ1n) is 9.65. The Hall–Kier alpha value is -3.41. The van der Waals surface area contributed by atoms with Crippen LogP contribution in [0.4, 0.5) is 5.69 Å². The van der Waals surface area contributed by atoms with E-state index in [1.807, 2.05) is 38.1 Å². The number of hydrogen-bond acceptors (Lipinski definition) is 4. The molecule has 0 saturated heterocycles. The molecule has 150 valence electrons. The summed E-state index contributed by atoms with van der Waals surface area (Å²) in [5, 5.41) is 3.76. The summed E-state index contributed by atoms with van der Waals surface area (Å²) >= 11 is 0. The first-order chi connectivity index (χ1) is 14.0. The van der Waals surface area contributed by atoms with E-state index in [0.29, 0.717) is 17.7 Å². The molecule has 3 aromatic rings. The van der Waals surface area contributed by atoms with E-state index in [1.54, 1.807) is 37.3 Å². The van der Waals surface area contributed by atoms with Crippen LogP contribution in [-0.2, 0) is 9.53 Å².